The number of hydrogen-bond donors (Lipinski definition) is 0. The largest absolute Gasteiger partial charge is 0.345 e. The van der Waals surface area contributed by atoms with Crippen LogP contribution in [0, 0.1) is 12.3 Å². The van der Waals surface area contributed by atoms with Crippen molar-refractivity contribution in [3.05, 3.63) is 30.1 Å². The van der Waals surface area contributed by atoms with Crippen molar-refractivity contribution >= 4 is 16.9 Å². The highest BCUT2D eigenvalue weighted by molar-refractivity contribution is 5.80. The van der Waals surface area contributed by atoms with Crippen LogP contribution in [0.3, 0.4) is 0 Å². The predicted molar refractivity (Wildman–Crippen MR) is 73.6 cm³/mol. The standard InChI is InChI=1S/C15H15N3O/c1-3-8-18-13-7-5-4-6-12(13)16-15(18)11-9-14(19)17(2)10-11/h1,4-7,11H,8-10H2,2H3/t11-/m1/s1. The van der Waals surface area contributed by atoms with E-state index in [1.165, 1.54) is 0 Å². The number of carbonyl (C=O) groups is 1. The van der Waals surface area contributed by atoms with Crippen molar-refractivity contribution in [2.45, 2.75) is 18.9 Å². The summed E-state index contributed by atoms with van der Waals surface area (Å²) in [6.07, 6.45) is 5.98. The fourth-order valence-electron chi connectivity index (χ4n) is 2.70. The summed E-state index contributed by atoms with van der Waals surface area (Å²) in [4.78, 5) is 18.1. The lowest BCUT2D eigenvalue weighted by Gasteiger charge is -2.11. The van der Waals surface area contributed by atoms with Crippen LogP contribution in [0.2, 0.25) is 0 Å². The SMILES string of the molecule is C#CCn1c([C@@H]2CC(=O)N(C)C2)nc2ccccc21. The highest BCUT2D eigenvalue weighted by Crippen LogP contribution is 2.29. The number of imidazole rings is 1. The van der Waals surface area contributed by atoms with Gasteiger partial charge in [-0.2, -0.15) is 0 Å². The van der Waals surface area contributed by atoms with E-state index in [1.807, 2.05) is 35.9 Å². The maximum absolute atomic E-state index is 11.7. The topological polar surface area (TPSA) is 38.1 Å². The minimum Gasteiger partial charge on any atom is -0.345 e. The van der Waals surface area contributed by atoms with E-state index >= 15 is 0 Å². The van der Waals surface area contributed by atoms with Crippen molar-refractivity contribution in [1.29, 1.82) is 0 Å². The number of terminal acetylenes is 1. The van der Waals surface area contributed by atoms with Crippen molar-refractivity contribution in [2.75, 3.05) is 13.6 Å². The van der Waals surface area contributed by atoms with Crippen molar-refractivity contribution < 1.29 is 4.79 Å². The Balaban J connectivity index is 2.10. The van der Waals surface area contributed by atoms with Gasteiger partial charge in [0, 0.05) is 25.9 Å². The van der Waals surface area contributed by atoms with E-state index in [9.17, 15) is 4.79 Å². The van der Waals surface area contributed by atoms with Crippen LogP contribution in [0.4, 0.5) is 0 Å². The fraction of sp³-hybridized carbons (Fsp3) is 0.333. The lowest BCUT2D eigenvalue weighted by atomic mass is 10.1. The average Bonchev–Trinajstić information content (AvgIpc) is 2.92. The molecule has 1 atom stereocenters. The van der Waals surface area contributed by atoms with Gasteiger partial charge in [-0.1, -0.05) is 18.1 Å². The molecule has 0 radical (unpaired) electrons. The number of likely N-dealkylation sites (N-methyl/N-ethyl adjacent to an activating group) is 1. The molecule has 1 aliphatic rings. The molecular weight excluding hydrogens is 238 g/mol. The summed E-state index contributed by atoms with van der Waals surface area (Å²) in [7, 11) is 1.83. The van der Waals surface area contributed by atoms with Crippen molar-refractivity contribution in [1.82, 2.24) is 14.5 Å². The minimum atomic E-state index is 0.137. The first-order chi connectivity index (χ1) is 9.20. The van der Waals surface area contributed by atoms with Gasteiger partial charge in [-0.05, 0) is 12.1 Å². The van der Waals surface area contributed by atoms with E-state index in [4.69, 9.17) is 6.42 Å². The lowest BCUT2D eigenvalue weighted by molar-refractivity contribution is -0.126. The number of hydrogen-bond acceptors (Lipinski definition) is 2. The van der Waals surface area contributed by atoms with Gasteiger partial charge < -0.3 is 9.47 Å². The van der Waals surface area contributed by atoms with Crippen LogP contribution in [0.5, 0.6) is 0 Å². The highest BCUT2D eigenvalue weighted by atomic mass is 16.2. The second-order valence-corrected chi connectivity index (χ2v) is 4.92. The first-order valence-electron chi connectivity index (χ1n) is 6.33. The third-order valence-corrected chi connectivity index (χ3v) is 3.64. The second-order valence-electron chi connectivity index (χ2n) is 4.92. The summed E-state index contributed by atoms with van der Waals surface area (Å²) in [5, 5.41) is 0. The first-order valence-corrected chi connectivity index (χ1v) is 6.33. The Morgan fingerprint density at radius 1 is 1.47 bits per heavy atom. The third kappa shape index (κ3) is 1.88. The second kappa shape index (κ2) is 4.43. The lowest BCUT2D eigenvalue weighted by Crippen LogP contribution is -2.19. The van der Waals surface area contributed by atoms with Crippen molar-refractivity contribution in [3.8, 4) is 12.3 Å². The molecule has 19 heavy (non-hydrogen) atoms. The molecule has 1 aromatic carbocycles. The maximum atomic E-state index is 11.7. The number of para-hydroxylation sites is 2. The number of benzene rings is 1. The monoisotopic (exact) mass is 253 g/mol. The Labute approximate surface area is 112 Å². The molecule has 1 fully saturated rings. The van der Waals surface area contributed by atoms with Gasteiger partial charge in [-0.15, -0.1) is 6.42 Å². The molecule has 1 amide bonds. The molecule has 1 aromatic heterocycles. The number of likely N-dealkylation sites (tertiary alicyclic amines) is 1. The Kier molecular flexibility index (Phi) is 2.75. The molecule has 0 saturated carbocycles. The maximum Gasteiger partial charge on any atom is 0.223 e. The zero-order valence-electron chi connectivity index (χ0n) is 10.8. The summed E-state index contributed by atoms with van der Waals surface area (Å²) in [6, 6.07) is 7.94. The Morgan fingerprint density at radius 2 is 2.26 bits per heavy atom. The Morgan fingerprint density at radius 3 is 2.95 bits per heavy atom. The molecule has 4 nitrogen and oxygen atoms in total. The molecule has 2 aromatic rings. The Bertz CT molecular complexity index is 680. The summed E-state index contributed by atoms with van der Waals surface area (Å²) < 4.78 is 2.05. The summed E-state index contributed by atoms with van der Waals surface area (Å²) in [6.45, 7) is 1.21. The first kappa shape index (κ1) is 11.8. The van der Waals surface area contributed by atoms with Gasteiger partial charge in [0.05, 0.1) is 17.6 Å². The molecule has 0 N–H and O–H groups in total. The molecule has 1 saturated heterocycles. The number of rotatable bonds is 2. The molecule has 3 rings (SSSR count). The van der Waals surface area contributed by atoms with Crippen LogP contribution >= 0.6 is 0 Å². The van der Waals surface area contributed by atoms with E-state index < -0.39 is 0 Å². The van der Waals surface area contributed by atoms with Crippen LogP contribution in [-0.2, 0) is 11.3 Å². The summed E-state index contributed by atoms with van der Waals surface area (Å²) in [5.74, 6) is 3.91. The molecule has 0 unspecified atom stereocenters. The zero-order valence-corrected chi connectivity index (χ0v) is 10.8. The van der Waals surface area contributed by atoms with Gasteiger partial charge in [0.1, 0.15) is 5.82 Å². The smallest absolute Gasteiger partial charge is 0.223 e. The van der Waals surface area contributed by atoms with Crippen molar-refractivity contribution in [3.63, 3.8) is 0 Å². The van der Waals surface area contributed by atoms with Crippen LogP contribution < -0.4 is 0 Å². The van der Waals surface area contributed by atoms with Gasteiger partial charge in [0.25, 0.3) is 0 Å². The zero-order chi connectivity index (χ0) is 13.4. The normalized spacial score (nSPS) is 19.1. The van der Waals surface area contributed by atoms with E-state index in [1.54, 1.807) is 4.90 Å². The number of amides is 1. The van der Waals surface area contributed by atoms with E-state index in [0.29, 0.717) is 19.5 Å². The summed E-state index contributed by atoms with van der Waals surface area (Å²) in [5.41, 5.74) is 1.98. The number of fused-ring (bicyclic) bond motifs is 1. The van der Waals surface area contributed by atoms with Crippen LogP contribution in [0.1, 0.15) is 18.2 Å². The molecular formula is C15H15N3O. The number of carbonyl (C=O) groups excluding carboxylic acids is 1. The van der Waals surface area contributed by atoms with Crippen LogP contribution in [0.15, 0.2) is 24.3 Å². The van der Waals surface area contributed by atoms with Gasteiger partial charge in [-0.25, -0.2) is 4.98 Å². The molecule has 0 aliphatic carbocycles. The van der Waals surface area contributed by atoms with Crippen molar-refractivity contribution in [2.24, 2.45) is 0 Å². The van der Waals surface area contributed by atoms with Gasteiger partial charge in [0.15, 0.2) is 0 Å². The van der Waals surface area contributed by atoms with Gasteiger partial charge >= 0.3 is 0 Å². The molecule has 1 aliphatic heterocycles. The minimum absolute atomic E-state index is 0.137. The molecule has 2 heterocycles. The number of aromatic nitrogens is 2. The molecule has 0 bridgehead atoms. The molecule has 96 valence electrons. The summed E-state index contributed by atoms with van der Waals surface area (Å²) >= 11 is 0. The fourth-order valence-corrected chi connectivity index (χ4v) is 2.70. The average molecular weight is 253 g/mol. The third-order valence-electron chi connectivity index (χ3n) is 3.64. The van der Waals surface area contributed by atoms with Crippen LogP contribution in [-0.4, -0.2) is 34.0 Å². The Hall–Kier alpha value is -2.28. The highest BCUT2D eigenvalue weighted by Gasteiger charge is 2.31. The van der Waals surface area contributed by atoms with E-state index in [-0.39, 0.29) is 11.8 Å². The van der Waals surface area contributed by atoms with Gasteiger partial charge in [-0.3, -0.25) is 4.79 Å². The van der Waals surface area contributed by atoms with Crippen LogP contribution in [0.25, 0.3) is 11.0 Å². The van der Waals surface area contributed by atoms with E-state index in [0.717, 1.165) is 16.9 Å². The number of nitrogens with zero attached hydrogens (tertiary/aromatic N) is 3. The van der Waals surface area contributed by atoms with E-state index in [2.05, 4.69) is 10.9 Å². The molecule has 4 heteroatoms. The van der Waals surface area contributed by atoms with Gasteiger partial charge in [0.2, 0.25) is 5.91 Å². The molecule has 0 spiro atoms. The quantitative estimate of drug-likeness (QED) is 0.763. The predicted octanol–water partition coefficient (Wildman–Crippen LogP) is 1.62.